The number of anilines is 2. The van der Waals surface area contributed by atoms with E-state index in [-0.39, 0.29) is 12.1 Å². The number of amides is 1. The van der Waals surface area contributed by atoms with Crippen LogP contribution in [-0.4, -0.2) is 25.2 Å². The van der Waals surface area contributed by atoms with Gasteiger partial charge < -0.3 is 14.7 Å². The highest BCUT2D eigenvalue weighted by atomic mass is 19.4. The molecule has 0 aliphatic carbocycles. The number of hydrogen-bond acceptors (Lipinski definition) is 4. The largest absolute Gasteiger partial charge is 0.416 e. The van der Waals surface area contributed by atoms with E-state index in [1.807, 2.05) is 0 Å². The van der Waals surface area contributed by atoms with Gasteiger partial charge in [0.2, 0.25) is 5.91 Å². The van der Waals surface area contributed by atoms with Crippen LogP contribution in [0.1, 0.15) is 11.3 Å². The van der Waals surface area contributed by atoms with E-state index in [0.29, 0.717) is 22.4 Å². The fraction of sp³-hybridized carbons (Fsp3) is 0.222. The van der Waals surface area contributed by atoms with Gasteiger partial charge in [-0.2, -0.15) is 13.2 Å². The first kappa shape index (κ1) is 17.8. The molecule has 5 nitrogen and oxygen atoms in total. The molecular formula is C18H16F3N3O2. The SMILES string of the molecule is CN(C)c1ccc(C(F)(F)F)cc1NC(=O)Cc1noc2ccccc12. The molecular weight excluding hydrogens is 347 g/mol. The Kier molecular flexibility index (Phi) is 4.58. The monoisotopic (exact) mass is 363 g/mol. The molecule has 3 rings (SSSR count). The number of alkyl halides is 3. The summed E-state index contributed by atoms with van der Waals surface area (Å²) in [7, 11) is 3.37. The van der Waals surface area contributed by atoms with E-state index in [9.17, 15) is 18.0 Å². The van der Waals surface area contributed by atoms with Crippen molar-refractivity contribution in [2.45, 2.75) is 12.6 Å². The lowest BCUT2D eigenvalue weighted by Gasteiger charge is -2.19. The highest BCUT2D eigenvalue weighted by Crippen LogP contribution is 2.35. The summed E-state index contributed by atoms with van der Waals surface area (Å²) in [6.45, 7) is 0. The van der Waals surface area contributed by atoms with Crippen LogP contribution >= 0.6 is 0 Å². The maximum Gasteiger partial charge on any atom is 0.416 e. The molecule has 2 aromatic carbocycles. The minimum absolute atomic E-state index is 0.0858. The minimum Gasteiger partial charge on any atom is -0.376 e. The number of fused-ring (bicyclic) bond motifs is 1. The Morgan fingerprint density at radius 1 is 1.19 bits per heavy atom. The van der Waals surface area contributed by atoms with Crippen LogP contribution in [0.3, 0.4) is 0 Å². The molecule has 0 bridgehead atoms. The zero-order valence-corrected chi connectivity index (χ0v) is 14.1. The number of nitrogens with zero attached hydrogens (tertiary/aromatic N) is 2. The van der Waals surface area contributed by atoms with E-state index >= 15 is 0 Å². The third kappa shape index (κ3) is 3.63. The molecule has 0 atom stereocenters. The predicted molar refractivity (Wildman–Crippen MR) is 92.1 cm³/mol. The van der Waals surface area contributed by atoms with Gasteiger partial charge in [-0.05, 0) is 30.3 Å². The first-order valence-electron chi connectivity index (χ1n) is 7.77. The molecule has 0 saturated heterocycles. The van der Waals surface area contributed by atoms with Crippen LogP contribution in [0.2, 0.25) is 0 Å². The molecule has 3 aromatic rings. The summed E-state index contributed by atoms with van der Waals surface area (Å²) in [6.07, 6.45) is -4.60. The molecule has 1 amide bonds. The lowest BCUT2D eigenvalue weighted by atomic mass is 10.1. The second-order valence-corrected chi connectivity index (χ2v) is 5.97. The highest BCUT2D eigenvalue weighted by molar-refractivity contribution is 5.97. The Morgan fingerprint density at radius 3 is 2.62 bits per heavy atom. The van der Waals surface area contributed by atoms with Crippen molar-refractivity contribution < 1.29 is 22.5 Å². The molecule has 1 aromatic heterocycles. The quantitative estimate of drug-likeness (QED) is 0.758. The van der Waals surface area contributed by atoms with Crippen molar-refractivity contribution in [1.82, 2.24) is 5.16 Å². The summed E-state index contributed by atoms with van der Waals surface area (Å²) in [4.78, 5) is 14.0. The van der Waals surface area contributed by atoms with Crippen molar-refractivity contribution in [1.29, 1.82) is 0 Å². The number of carbonyl (C=O) groups excluding carboxylic acids is 1. The zero-order valence-electron chi connectivity index (χ0n) is 14.1. The van der Waals surface area contributed by atoms with Crippen molar-refractivity contribution in [2.24, 2.45) is 0 Å². The van der Waals surface area contributed by atoms with Crippen LogP contribution in [0.5, 0.6) is 0 Å². The van der Waals surface area contributed by atoms with Crippen LogP contribution in [-0.2, 0) is 17.4 Å². The van der Waals surface area contributed by atoms with Gasteiger partial charge in [-0.3, -0.25) is 4.79 Å². The summed E-state index contributed by atoms with van der Waals surface area (Å²) < 4.78 is 44.0. The molecule has 8 heteroatoms. The Labute approximate surface area is 147 Å². The van der Waals surface area contributed by atoms with E-state index in [1.54, 1.807) is 43.3 Å². The number of rotatable bonds is 4. The Morgan fingerprint density at radius 2 is 1.92 bits per heavy atom. The fourth-order valence-electron chi connectivity index (χ4n) is 2.61. The van der Waals surface area contributed by atoms with Crippen LogP contribution in [0.25, 0.3) is 11.0 Å². The number of nitrogens with one attached hydrogen (secondary N) is 1. The number of carbonyl (C=O) groups is 1. The van der Waals surface area contributed by atoms with Gasteiger partial charge in [-0.15, -0.1) is 0 Å². The molecule has 136 valence electrons. The van der Waals surface area contributed by atoms with Gasteiger partial charge >= 0.3 is 6.18 Å². The molecule has 1 heterocycles. The molecule has 0 aliphatic rings. The number of aromatic nitrogens is 1. The minimum atomic E-state index is -4.49. The number of para-hydroxylation sites is 1. The number of halogens is 3. The van der Waals surface area contributed by atoms with Gasteiger partial charge in [0, 0.05) is 19.5 Å². The fourth-order valence-corrected chi connectivity index (χ4v) is 2.61. The maximum absolute atomic E-state index is 13.0. The second kappa shape index (κ2) is 6.70. The lowest BCUT2D eigenvalue weighted by Crippen LogP contribution is -2.19. The van der Waals surface area contributed by atoms with Gasteiger partial charge in [0.1, 0.15) is 5.69 Å². The van der Waals surface area contributed by atoms with Crippen molar-refractivity contribution in [3.05, 3.63) is 53.7 Å². The van der Waals surface area contributed by atoms with Gasteiger partial charge in [0.05, 0.1) is 23.4 Å². The lowest BCUT2D eigenvalue weighted by molar-refractivity contribution is -0.137. The average Bonchev–Trinajstić information content (AvgIpc) is 2.97. The summed E-state index contributed by atoms with van der Waals surface area (Å²) in [5, 5.41) is 7.10. The zero-order chi connectivity index (χ0) is 18.9. The molecule has 26 heavy (non-hydrogen) atoms. The molecule has 0 spiro atoms. The van der Waals surface area contributed by atoms with Crippen molar-refractivity contribution in [3.63, 3.8) is 0 Å². The maximum atomic E-state index is 13.0. The van der Waals surface area contributed by atoms with Crippen molar-refractivity contribution >= 4 is 28.3 Å². The van der Waals surface area contributed by atoms with E-state index in [0.717, 1.165) is 12.1 Å². The summed E-state index contributed by atoms with van der Waals surface area (Å²) in [6, 6.07) is 10.3. The van der Waals surface area contributed by atoms with Gasteiger partial charge in [0.25, 0.3) is 0 Å². The Balaban J connectivity index is 1.86. The van der Waals surface area contributed by atoms with Gasteiger partial charge in [0.15, 0.2) is 5.58 Å². The average molecular weight is 363 g/mol. The van der Waals surface area contributed by atoms with Crippen LogP contribution < -0.4 is 10.2 Å². The van der Waals surface area contributed by atoms with Crippen LogP contribution in [0, 0.1) is 0 Å². The number of benzene rings is 2. The van der Waals surface area contributed by atoms with Crippen molar-refractivity contribution in [3.8, 4) is 0 Å². The van der Waals surface area contributed by atoms with Crippen molar-refractivity contribution in [2.75, 3.05) is 24.3 Å². The summed E-state index contributed by atoms with van der Waals surface area (Å²) in [5.41, 5.74) is 0.698. The van der Waals surface area contributed by atoms with Crippen LogP contribution in [0.4, 0.5) is 24.5 Å². The van der Waals surface area contributed by atoms with Crippen LogP contribution in [0.15, 0.2) is 47.0 Å². The first-order valence-corrected chi connectivity index (χ1v) is 7.77. The Bertz CT molecular complexity index is 948. The molecule has 0 fully saturated rings. The molecule has 0 saturated carbocycles. The van der Waals surface area contributed by atoms with Gasteiger partial charge in [-0.1, -0.05) is 17.3 Å². The molecule has 0 unspecified atom stereocenters. The summed E-state index contributed by atoms with van der Waals surface area (Å²) in [5.74, 6) is -0.480. The third-order valence-electron chi connectivity index (χ3n) is 3.86. The predicted octanol–water partition coefficient (Wildman–Crippen LogP) is 4.09. The van der Waals surface area contributed by atoms with E-state index < -0.39 is 17.6 Å². The van der Waals surface area contributed by atoms with E-state index in [2.05, 4.69) is 10.5 Å². The van der Waals surface area contributed by atoms with Gasteiger partial charge in [-0.25, -0.2) is 0 Å². The molecule has 1 N–H and O–H groups in total. The summed E-state index contributed by atoms with van der Waals surface area (Å²) >= 11 is 0. The normalized spacial score (nSPS) is 11.6. The number of hydrogen-bond donors (Lipinski definition) is 1. The smallest absolute Gasteiger partial charge is 0.376 e. The highest BCUT2D eigenvalue weighted by Gasteiger charge is 2.31. The molecule has 0 radical (unpaired) electrons. The standard InChI is InChI=1S/C18H16F3N3O2/c1-24(2)15-8-7-11(18(19,20)21)9-14(15)22-17(25)10-13-12-5-3-4-6-16(12)26-23-13/h3-9H,10H2,1-2H3,(H,22,25). The van der Waals surface area contributed by atoms with E-state index in [1.165, 1.54) is 6.07 Å². The topological polar surface area (TPSA) is 58.4 Å². The third-order valence-corrected chi connectivity index (χ3v) is 3.86. The van der Waals surface area contributed by atoms with E-state index in [4.69, 9.17) is 4.52 Å². The second-order valence-electron chi connectivity index (χ2n) is 5.97. The molecule has 0 aliphatic heterocycles. The first-order chi connectivity index (χ1) is 12.3. The Hall–Kier alpha value is -3.03.